The summed E-state index contributed by atoms with van der Waals surface area (Å²) in [6.07, 6.45) is 3.54. The fourth-order valence-electron chi connectivity index (χ4n) is 4.43. The quantitative estimate of drug-likeness (QED) is 0.424. The number of hydrogen-bond acceptors (Lipinski definition) is 5. The van der Waals surface area contributed by atoms with Crippen molar-refractivity contribution in [2.75, 3.05) is 0 Å². The largest absolute Gasteiger partial charge is 0.461 e. The van der Waals surface area contributed by atoms with E-state index in [9.17, 15) is 14.0 Å². The zero-order chi connectivity index (χ0) is 24.1. The van der Waals surface area contributed by atoms with E-state index in [-0.39, 0.29) is 52.1 Å². The van der Waals surface area contributed by atoms with E-state index in [1.54, 1.807) is 6.92 Å². The summed E-state index contributed by atoms with van der Waals surface area (Å²) in [6.45, 7) is 1.85. The van der Waals surface area contributed by atoms with Crippen LogP contribution in [0.1, 0.15) is 53.8 Å². The van der Waals surface area contributed by atoms with Gasteiger partial charge in [-0.3, -0.25) is 9.59 Å². The Hall–Kier alpha value is -3.19. The Morgan fingerprint density at radius 1 is 1.18 bits per heavy atom. The zero-order valence-electron chi connectivity index (χ0n) is 18.9. The Labute approximate surface area is 202 Å². The molecule has 8 heteroatoms. The molecule has 0 saturated heterocycles. The molecule has 1 heterocycles. The van der Waals surface area contributed by atoms with Crippen molar-refractivity contribution < 1.29 is 23.2 Å². The van der Waals surface area contributed by atoms with Crippen molar-refractivity contribution in [3.05, 3.63) is 76.3 Å². The van der Waals surface area contributed by atoms with Crippen molar-refractivity contribution in [1.82, 2.24) is 10.5 Å². The van der Waals surface area contributed by atoms with Gasteiger partial charge in [-0.15, -0.1) is 0 Å². The monoisotopic (exact) mass is 484 g/mol. The van der Waals surface area contributed by atoms with Crippen LogP contribution in [-0.2, 0) is 16.1 Å². The molecule has 2 atom stereocenters. The molecule has 0 radical (unpaired) electrons. The number of aromatic nitrogens is 1. The minimum Gasteiger partial charge on any atom is -0.461 e. The highest BCUT2D eigenvalue weighted by Crippen LogP contribution is 2.34. The first-order chi connectivity index (χ1) is 16.4. The van der Waals surface area contributed by atoms with Crippen LogP contribution in [0.4, 0.5) is 4.39 Å². The molecule has 0 aliphatic heterocycles. The molecule has 1 saturated carbocycles. The lowest BCUT2D eigenvalue weighted by Crippen LogP contribution is -2.39. The van der Waals surface area contributed by atoms with E-state index in [0.29, 0.717) is 12.8 Å². The van der Waals surface area contributed by atoms with Crippen LogP contribution in [0.15, 0.2) is 53.1 Å². The maximum absolute atomic E-state index is 14.4. The fourth-order valence-corrected chi connectivity index (χ4v) is 4.68. The van der Waals surface area contributed by atoms with Crippen molar-refractivity contribution in [1.29, 1.82) is 0 Å². The standard InChI is InChI=1S/C26H26ClFN2O4/c1-16-23(25(30-34-16)24-20(27)11-6-12-21(24)28)26(32)29-19-10-5-9-18(13-19)14-22(31)33-15-17-7-3-2-4-8-17/h2-4,6-8,11-12,18-19H,5,9-10,13-15H2,1H3,(H,29,32). The van der Waals surface area contributed by atoms with Crippen LogP contribution < -0.4 is 5.32 Å². The number of carbonyl (C=O) groups excluding carboxylic acids is 2. The number of esters is 1. The molecule has 1 amide bonds. The number of hydrogen-bond donors (Lipinski definition) is 1. The second-order valence-electron chi connectivity index (χ2n) is 8.61. The molecule has 1 aromatic heterocycles. The first kappa shape index (κ1) is 24.0. The minimum atomic E-state index is -0.582. The van der Waals surface area contributed by atoms with Crippen molar-refractivity contribution >= 4 is 23.5 Å². The van der Waals surface area contributed by atoms with E-state index in [0.717, 1.165) is 24.8 Å². The molecule has 1 aliphatic rings. The highest BCUT2D eigenvalue weighted by atomic mass is 35.5. The molecule has 3 aromatic rings. The third kappa shape index (κ3) is 5.65. The van der Waals surface area contributed by atoms with Gasteiger partial charge < -0.3 is 14.6 Å². The normalized spacial score (nSPS) is 17.9. The Bertz CT molecular complexity index is 1140. The lowest BCUT2D eigenvalue weighted by atomic mass is 9.83. The third-order valence-corrected chi connectivity index (χ3v) is 6.42. The molecule has 1 aliphatic carbocycles. The highest BCUT2D eigenvalue weighted by molar-refractivity contribution is 6.33. The molecule has 0 spiro atoms. The lowest BCUT2D eigenvalue weighted by molar-refractivity contribution is -0.146. The van der Waals surface area contributed by atoms with Crippen LogP contribution in [0.3, 0.4) is 0 Å². The summed E-state index contributed by atoms with van der Waals surface area (Å²) in [5.41, 5.74) is 1.22. The summed E-state index contributed by atoms with van der Waals surface area (Å²) in [5.74, 6) is -0.825. The second kappa shape index (κ2) is 10.8. The van der Waals surface area contributed by atoms with Crippen LogP contribution >= 0.6 is 11.6 Å². The van der Waals surface area contributed by atoms with Gasteiger partial charge in [0.1, 0.15) is 29.4 Å². The van der Waals surface area contributed by atoms with Gasteiger partial charge in [-0.2, -0.15) is 0 Å². The minimum absolute atomic E-state index is 0.0360. The number of rotatable bonds is 7. The van der Waals surface area contributed by atoms with Crippen molar-refractivity contribution in [2.45, 2.75) is 51.7 Å². The maximum atomic E-state index is 14.4. The van der Waals surface area contributed by atoms with E-state index in [1.807, 2.05) is 30.3 Å². The SMILES string of the molecule is Cc1onc(-c2c(F)cccc2Cl)c1C(=O)NC1CCCC(CC(=O)OCc2ccccc2)C1. The summed E-state index contributed by atoms with van der Waals surface area (Å²) in [6, 6.07) is 13.7. The first-order valence-electron chi connectivity index (χ1n) is 11.3. The number of amides is 1. The van der Waals surface area contributed by atoms with Gasteiger partial charge in [0.25, 0.3) is 5.91 Å². The van der Waals surface area contributed by atoms with Gasteiger partial charge in [-0.25, -0.2) is 4.39 Å². The van der Waals surface area contributed by atoms with Gasteiger partial charge in [0, 0.05) is 12.5 Å². The zero-order valence-corrected chi connectivity index (χ0v) is 19.6. The van der Waals surface area contributed by atoms with Crippen LogP contribution in [-0.4, -0.2) is 23.1 Å². The Morgan fingerprint density at radius 2 is 1.97 bits per heavy atom. The van der Waals surface area contributed by atoms with Gasteiger partial charge in [-0.1, -0.05) is 59.6 Å². The molecule has 4 rings (SSSR count). The number of halogens is 2. The number of nitrogens with zero attached hydrogens (tertiary/aromatic N) is 1. The Balaban J connectivity index is 1.38. The van der Waals surface area contributed by atoms with Gasteiger partial charge in [-0.05, 0) is 49.8 Å². The van der Waals surface area contributed by atoms with Crippen LogP contribution in [0.5, 0.6) is 0 Å². The maximum Gasteiger partial charge on any atom is 0.306 e. The number of aryl methyl sites for hydroxylation is 1. The van der Waals surface area contributed by atoms with E-state index < -0.39 is 11.7 Å². The molecule has 0 bridgehead atoms. The molecule has 2 aromatic carbocycles. The predicted octanol–water partition coefficient (Wildman–Crippen LogP) is 5.86. The number of nitrogens with one attached hydrogen (secondary N) is 1. The number of benzene rings is 2. The van der Waals surface area contributed by atoms with Crippen molar-refractivity contribution in [3.63, 3.8) is 0 Å². The molecule has 1 N–H and O–H groups in total. The topological polar surface area (TPSA) is 81.4 Å². The molecule has 6 nitrogen and oxygen atoms in total. The van der Waals surface area contributed by atoms with Gasteiger partial charge in [0.2, 0.25) is 0 Å². The average Bonchev–Trinajstić information content (AvgIpc) is 3.19. The molecule has 178 valence electrons. The van der Waals surface area contributed by atoms with Crippen LogP contribution in [0, 0.1) is 18.7 Å². The summed E-state index contributed by atoms with van der Waals surface area (Å²) >= 11 is 6.18. The smallest absolute Gasteiger partial charge is 0.306 e. The number of carbonyl (C=O) groups is 2. The molecule has 2 unspecified atom stereocenters. The molecular weight excluding hydrogens is 459 g/mol. The summed E-state index contributed by atoms with van der Waals surface area (Å²) in [7, 11) is 0. The van der Waals surface area contributed by atoms with Crippen molar-refractivity contribution in [2.24, 2.45) is 5.92 Å². The van der Waals surface area contributed by atoms with Crippen LogP contribution in [0.25, 0.3) is 11.3 Å². The molecule has 34 heavy (non-hydrogen) atoms. The molecular formula is C26H26ClFN2O4. The van der Waals surface area contributed by atoms with E-state index in [1.165, 1.54) is 18.2 Å². The summed E-state index contributed by atoms with van der Waals surface area (Å²) in [5, 5.41) is 7.06. The average molecular weight is 485 g/mol. The summed E-state index contributed by atoms with van der Waals surface area (Å²) in [4.78, 5) is 25.5. The van der Waals surface area contributed by atoms with E-state index in [2.05, 4.69) is 10.5 Å². The third-order valence-electron chi connectivity index (χ3n) is 6.11. The fraction of sp³-hybridized carbons (Fsp3) is 0.346. The van der Waals surface area contributed by atoms with Crippen LogP contribution in [0.2, 0.25) is 5.02 Å². The highest BCUT2D eigenvalue weighted by Gasteiger charge is 2.30. The summed E-state index contributed by atoms with van der Waals surface area (Å²) < 4.78 is 25.1. The van der Waals surface area contributed by atoms with Gasteiger partial charge in [0.15, 0.2) is 0 Å². The Morgan fingerprint density at radius 3 is 2.74 bits per heavy atom. The molecule has 1 fully saturated rings. The van der Waals surface area contributed by atoms with Gasteiger partial charge >= 0.3 is 5.97 Å². The van der Waals surface area contributed by atoms with E-state index >= 15 is 0 Å². The van der Waals surface area contributed by atoms with E-state index in [4.69, 9.17) is 20.9 Å². The Kier molecular flexibility index (Phi) is 7.63. The van der Waals surface area contributed by atoms with Crippen molar-refractivity contribution in [3.8, 4) is 11.3 Å². The number of ether oxygens (including phenoxy) is 1. The second-order valence-corrected chi connectivity index (χ2v) is 9.02. The lowest BCUT2D eigenvalue weighted by Gasteiger charge is -2.29. The van der Waals surface area contributed by atoms with Gasteiger partial charge in [0.05, 0.1) is 10.6 Å². The first-order valence-corrected chi connectivity index (χ1v) is 11.7. The predicted molar refractivity (Wildman–Crippen MR) is 126 cm³/mol.